The van der Waals surface area contributed by atoms with Crippen LogP contribution in [0, 0.1) is 0 Å². The number of aliphatic hydroxyl groups is 1. The second kappa shape index (κ2) is 5.61. The Labute approximate surface area is 105 Å². The molecule has 0 aliphatic heterocycles. The maximum absolute atomic E-state index is 11.7. The van der Waals surface area contributed by atoms with E-state index in [4.69, 9.17) is 10.5 Å². The molecule has 1 aromatic carbocycles. The Morgan fingerprint density at radius 2 is 1.94 bits per heavy atom. The van der Waals surface area contributed by atoms with Gasteiger partial charge in [-0.1, -0.05) is 30.3 Å². The molecule has 0 saturated heterocycles. The zero-order valence-electron chi connectivity index (χ0n) is 10.2. The largest absolute Gasteiger partial charge is 0.369 e. The number of amides is 2. The van der Waals surface area contributed by atoms with Gasteiger partial charge in [0.2, 0.25) is 5.91 Å². The average molecular weight is 252 g/mol. The number of primary amides is 1. The van der Waals surface area contributed by atoms with Gasteiger partial charge in [-0.05, 0) is 5.56 Å². The predicted molar refractivity (Wildman–Crippen MR) is 64.4 cm³/mol. The van der Waals surface area contributed by atoms with Crippen molar-refractivity contribution in [2.75, 3.05) is 14.2 Å². The van der Waals surface area contributed by atoms with Gasteiger partial charge in [0.05, 0.1) is 0 Å². The highest BCUT2D eigenvalue weighted by Gasteiger charge is 2.48. The van der Waals surface area contributed by atoms with Gasteiger partial charge in [-0.2, -0.15) is 0 Å². The van der Waals surface area contributed by atoms with E-state index >= 15 is 0 Å². The number of hydrogen-bond acceptors (Lipinski definition) is 4. The number of carbonyl (C=O) groups excluding carboxylic acids is 2. The summed E-state index contributed by atoms with van der Waals surface area (Å²) in [5.74, 6) is -5.31. The average Bonchev–Trinajstić information content (AvgIpc) is 2.38. The molecule has 0 saturated carbocycles. The van der Waals surface area contributed by atoms with E-state index in [9.17, 15) is 14.7 Å². The van der Waals surface area contributed by atoms with E-state index in [1.165, 1.54) is 7.05 Å². The van der Waals surface area contributed by atoms with E-state index in [1.54, 1.807) is 30.3 Å². The molecule has 6 heteroatoms. The van der Waals surface area contributed by atoms with E-state index in [0.29, 0.717) is 5.56 Å². The minimum atomic E-state index is -2.33. The van der Waals surface area contributed by atoms with Crippen molar-refractivity contribution in [3.63, 3.8) is 0 Å². The Morgan fingerprint density at radius 1 is 1.39 bits per heavy atom. The first-order valence-corrected chi connectivity index (χ1v) is 5.31. The van der Waals surface area contributed by atoms with Crippen molar-refractivity contribution >= 4 is 11.8 Å². The van der Waals surface area contributed by atoms with Crippen LogP contribution in [0.2, 0.25) is 0 Å². The molecule has 1 rings (SSSR count). The highest BCUT2D eigenvalue weighted by molar-refractivity contribution is 5.94. The first-order valence-electron chi connectivity index (χ1n) is 5.31. The van der Waals surface area contributed by atoms with Crippen LogP contribution in [0.1, 0.15) is 11.5 Å². The minimum absolute atomic E-state index is 0.401. The number of ether oxygens (including phenoxy) is 1. The smallest absolute Gasteiger partial charge is 0.281 e. The number of methoxy groups -OCH3 is 1. The van der Waals surface area contributed by atoms with Crippen LogP contribution < -0.4 is 11.1 Å². The summed E-state index contributed by atoms with van der Waals surface area (Å²) in [4.78, 5) is 23.2. The van der Waals surface area contributed by atoms with Gasteiger partial charge in [0.15, 0.2) is 0 Å². The lowest BCUT2D eigenvalue weighted by atomic mass is 9.89. The van der Waals surface area contributed by atoms with E-state index in [0.717, 1.165) is 7.11 Å². The Kier molecular flexibility index (Phi) is 4.41. The summed E-state index contributed by atoms with van der Waals surface area (Å²) in [5, 5.41) is 12.5. The topological polar surface area (TPSA) is 102 Å². The maximum Gasteiger partial charge on any atom is 0.281 e. The molecular formula is C12H16N2O4. The van der Waals surface area contributed by atoms with Crippen LogP contribution in [0.4, 0.5) is 0 Å². The highest BCUT2D eigenvalue weighted by Crippen LogP contribution is 2.29. The van der Waals surface area contributed by atoms with Crippen molar-refractivity contribution in [1.29, 1.82) is 0 Å². The first kappa shape index (κ1) is 14.1. The molecule has 0 fully saturated rings. The highest BCUT2D eigenvalue weighted by atomic mass is 16.6. The number of nitrogens with two attached hydrogens (primary N) is 1. The monoisotopic (exact) mass is 252 g/mol. The lowest BCUT2D eigenvalue weighted by Crippen LogP contribution is -2.55. The van der Waals surface area contributed by atoms with Crippen molar-refractivity contribution in [1.82, 2.24) is 5.32 Å². The summed E-state index contributed by atoms with van der Waals surface area (Å²) in [6, 6.07) is 8.26. The predicted octanol–water partition coefficient (Wildman–Crippen LogP) is -0.663. The van der Waals surface area contributed by atoms with Crippen LogP contribution >= 0.6 is 0 Å². The zero-order chi connectivity index (χ0) is 13.8. The van der Waals surface area contributed by atoms with Crippen molar-refractivity contribution in [2.45, 2.75) is 11.7 Å². The lowest BCUT2D eigenvalue weighted by Gasteiger charge is -2.31. The van der Waals surface area contributed by atoms with Gasteiger partial charge in [0.25, 0.3) is 11.7 Å². The molecule has 0 aliphatic rings. The van der Waals surface area contributed by atoms with Crippen LogP contribution in [0.15, 0.2) is 30.3 Å². The molecule has 0 bridgehead atoms. The first-order chi connectivity index (χ1) is 8.47. The van der Waals surface area contributed by atoms with Gasteiger partial charge in [0.1, 0.15) is 5.92 Å². The molecule has 0 radical (unpaired) electrons. The van der Waals surface area contributed by atoms with Crippen LogP contribution in [0.25, 0.3) is 0 Å². The number of rotatable bonds is 5. The summed E-state index contributed by atoms with van der Waals surface area (Å²) < 4.78 is 4.81. The van der Waals surface area contributed by atoms with E-state index in [2.05, 4.69) is 5.32 Å². The van der Waals surface area contributed by atoms with E-state index < -0.39 is 23.5 Å². The van der Waals surface area contributed by atoms with Gasteiger partial charge < -0.3 is 20.9 Å². The van der Waals surface area contributed by atoms with Gasteiger partial charge in [0, 0.05) is 14.2 Å². The molecule has 0 aliphatic carbocycles. The number of benzene rings is 1. The van der Waals surface area contributed by atoms with Crippen molar-refractivity contribution < 1.29 is 19.4 Å². The van der Waals surface area contributed by atoms with Gasteiger partial charge in [-0.3, -0.25) is 9.59 Å². The number of carbonyl (C=O) groups is 2. The van der Waals surface area contributed by atoms with Crippen molar-refractivity contribution in [3.8, 4) is 0 Å². The maximum atomic E-state index is 11.7. The third-order valence-electron chi connectivity index (χ3n) is 2.67. The number of nitrogens with one attached hydrogen (secondary N) is 1. The molecule has 0 spiro atoms. The fraction of sp³-hybridized carbons (Fsp3) is 0.333. The Morgan fingerprint density at radius 3 is 2.33 bits per heavy atom. The van der Waals surface area contributed by atoms with Crippen LogP contribution in [0.3, 0.4) is 0 Å². The molecular weight excluding hydrogens is 236 g/mol. The zero-order valence-corrected chi connectivity index (χ0v) is 10.2. The summed E-state index contributed by atoms with van der Waals surface area (Å²) in [7, 11) is 2.46. The second-order valence-electron chi connectivity index (χ2n) is 3.73. The Balaban J connectivity index is 3.28. The number of likely N-dealkylation sites (N-methyl/N-ethyl adjacent to an activating group) is 1. The third kappa shape index (κ3) is 2.49. The Hall–Kier alpha value is -1.92. The third-order valence-corrected chi connectivity index (χ3v) is 2.67. The summed E-state index contributed by atoms with van der Waals surface area (Å²) in [6.45, 7) is 0. The molecule has 2 amide bonds. The second-order valence-corrected chi connectivity index (χ2v) is 3.73. The van der Waals surface area contributed by atoms with Crippen LogP contribution in [-0.2, 0) is 14.3 Å². The molecule has 98 valence electrons. The van der Waals surface area contributed by atoms with Gasteiger partial charge in [-0.25, -0.2) is 0 Å². The standard InChI is InChI=1S/C12H16N2O4/c1-14-11(16)12(17,18-2)9(10(13)15)8-6-4-3-5-7-8/h3-7,9,17H,1-2H3,(H2,13,15)(H,14,16). The van der Waals surface area contributed by atoms with Gasteiger partial charge in [-0.15, -0.1) is 0 Å². The summed E-state index contributed by atoms with van der Waals surface area (Å²) in [5.41, 5.74) is 5.66. The lowest BCUT2D eigenvalue weighted by molar-refractivity contribution is -0.206. The quantitative estimate of drug-likeness (QED) is 0.605. The normalized spacial score (nSPS) is 15.5. The summed E-state index contributed by atoms with van der Waals surface area (Å²) in [6.07, 6.45) is 0. The van der Waals surface area contributed by atoms with Gasteiger partial charge >= 0.3 is 0 Å². The van der Waals surface area contributed by atoms with E-state index in [1.807, 2.05) is 0 Å². The molecule has 4 N–H and O–H groups in total. The molecule has 0 heterocycles. The van der Waals surface area contributed by atoms with Crippen LogP contribution in [-0.4, -0.2) is 36.9 Å². The fourth-order valence-electron chi connectivity index (χ4n) is 1.75. The SMILES string of the molecule is CNC(=O)C(O)(OC)C(C(N)=O)c1ccccc1. The van der Waals surface area contributed by atoms with Crippen molar-refractivity contribution in [2.24, 2.45) is 5.73 Å². The minimum Gasteiger partial charge on any atom is -0.369 e. The molecule has 6 nitrogen and oxygen atoms in total. The molecule has 18 heavy (non-hydrogen) atoms. The molecule has 1 aromatic rings. The Bertz CT molecular complexity index is 435. The van der Waals surface area contributed by atoms with Crippen molar-refractivity contribution in [3.05, 3.63) is 35.9 Å². The van der Waals surface area contributed by atoms with E-state index in [-0.39, 0.29) is 0 Å². The molecule has 2 atom stereocenters. The fourth-order valence-corrected chi connectivity index (χ4v) is 1.75. The number of hydrogen-bond donors (Lipinski definition) is 3. The van der Waals surface area contributed by atoms with Crippen LogP contribution in [0.5, 0.6) is 0 Å². The molecule has 0 aromatic heterocycles. The molecule has 2 unspecified atom stereocenters. The summed E-state index contributed by atoms with van der Waals surface area (Å²) >= 11 is 0.